The zero-order valence-electron chi connectivity index (χ0n) is 9.67. The minimum absolute atomic E-state index is 0.000132. The first-order chi connectivity index (χ1) is 8.56. The molecular formula is C12H13FN2O3. The Labute approximate surface area is 103 Å². The van der Waals surface area contributed by atoms with Gasteiger partial charge < -0.3 is 10.0 Å². The number of aromatic nitrogens is 1. The van der Waals surface area contributed by atoms with Crippen LogP contribution in [0.15, 0.2) is 18.3 Å². The van der Waals surface area contributed by atoms with Gasteiger partial charge in [-0.2, -0.15) is 4.39 Å². The molecule has 0 bridgehead atoms. The summed E-state index contributed by atoms with van der Waals surface area (Å²) in [6, 6.07) is 2.52. The van der Waals surface area contributed by atoms with Crippen LogP contribution in [0.3, 0.4) is 0 Å². The Hall–Kier alpha value is -1.98. The van der Waals surface area contributed by atoms with Gasteiger partial charge >= 0.3 is 5.97 Å². The fraction of sp³-hybridized carbons (Fsp3) is 0.417. The minimum Gasteiger partial charge on any atom is -0.481 e. The van der Waals surface area contributed by atoms with Crippen LogP contribution >= 0.6 is 0 Å². The molecule has 1 amide bonds. The molecule has 1 unspecified atom stereocenters. The number of hydrogen-bond acceptors (Lipinski definition) is 3. The van der Waals surface area contributed by atoms with Crippen molar-refractivity contribution in [1.29, 1.82) is 0 Å². The number of nitrogens with zero attached hydrogens (tertiary/aromatic N) is 2. The third kappa shape index (κ3) is 2.82. The number of carbonyl (C=O) groups excluding carboxylic acids is 1. The Morgan fingerprint density at radius 3 is 2.89 bits per heavy atom. The molecule has 18 heavy (non-hydrogen) atoms. The van der Waals surface area contributed by atoms with Gasteiger partial charge in [-0.25, -0.2) is 4.98 Å². The summed E-state index contributed by atoms with van der Waals surface area (Å²) >= 11 is 0. The Morgan fingerprint density at radius 2 is 2.28 bits per heavy atom. The van der Waals surface area contributed by atoms with Gasteiger partial charge in [0.25, 0.3) is 5.91 Å². The fourth-order valence-electron chi connectivity index (χ4n) is 2.12. The standard InChI is InChI=1S/C12H13FN2O3/c13-10-2-1-9(6-14-10)12(18)15-4-3-8(7-15)5-11(16)17/h1-2,6,8H,3-5,7H2,(H,16,17). The molecule has 2 heterocycles. The normalized spacial score (nSPS) is 18.9. The van der Waals surface area contributed by atoms with E-state index in [1.165, 1.54) is 12.3 Å². The molecule has 1 fully saturated rings. The van der Waals surface area contributed by atoms with Crippen LogP contribution in [0.1, 0.15) is 23.2 Å². The third-order valence-electron chi connectivity index (χ3n) is 3.01. The number of amides is 1. The highest BCUT2D eigenvalue weighted by molar-refractivity contribution is 5.94. The fourth-order valence-corrected chi connectivity index (χ4v) is 2.12. The average molecular weight is 252 g/mol. The monoisotopic (exact) mass is 252 g/mol. The van der Waals surface area contributed by atoms with Crippen LogP contribution in [0.2, 0.25) is 0 Å². The third-order valence-corrected chi connectivity index (χ3v) is 3.01. The van der Waals surface area contributed by atoms with Crippen molar-refractivity contribution in [3.05, 3.63) is 29.8 Å². The summed E-state index contributed by atoms with van der Waals surface area (Å²) in [5.74, 6) is -1.70. The minimum atomic E-state index is -0.849. The van der Waals surface area contributed by atoms with Crippen molar-refractivity contribution in [1.82, 2.24) is 9.88 Å². The van der Waals surface area contributed by atoms with E-state index in [9.17, 15) is 14.0 Å². The predicted molar refractivity (Wildman–Crippen MR) is 60.5 cm³/mol. The lowest BCUT2D eigenvalue weighted by Gasteiger charge is -2.15. The number of likely N-dealkylation sites (tertiary alicyclic amines) is 1. The molecule has 1 N–H and O–H groups in total. The highest BCUT2D eigenvalue weighted by Crippen LogP contribution is 2.21. The van der Waals surface area contributed by atoms with Gasteiger partial charge in [-0.1, -0.05) is 0 Å². The highest BCUT2D eigenvalue weighted by atomic mass is 19.1. The summed E-state index contributed by atoms with van der Waals surface area (Å²) in [7, 11) is 0. The van der Waals surface area contributed by atoms with E-state index in [1.807, 2.05) is 0 Å². The molecule has 0 aromatic carbocycles. The molecule has 1 atom stereocenters. The van der Waals surface area contributed by atoms with E-state index in [2.05, 4.69) is 4.98 Å². The Balaban J connectivity index is 1.99. The number of pyridine rings is 1. The summed E-state index contributed by atoms with van der Waals surface area (Å²) < 4.78 is 12.6. The van der Waals surface area contributed by atoms with Crippen molar-refractivity contribution in [3.63, 3.8) is 0 Å². The molecule has 1 aromatic heterocycles. The number of carboxylic acid groups (broad SMARTS) is 1. The van der Waals surface area contributed by atoms with Gasteiger partial charge in [0, 0.05) is 25.7 Å². The van der Waals surface area contributed by atoms with Crippen LogP contribution in [0.25, 0.3) is 0 Å². The zero-order chi connectivity index (χ0) is 13.1. The predicted octanol–water partition coefficient (Wildman–Crippen LogP) is 1.16. The Kier molecular flexibility index (Phi) is 3.55. The number of aliphatic carboxylic acids is 1. The molecule has 0 spiro atoms. The van der Waals surface area contributed by atoms with E-state index in [4.69, 9.17) is 5.11 Å². The maximum absolute atomic E-state index is 12.6. The number of rotatable bonds is 3. The van der Waals surface area contributed by atoms with E-state index in [-0.39, 0.29) is 18.2 Å². The van der Waals surface area contributed by atoms with E-state index in [1.54, 1.807) is 4.90 Å². The molecule has 6 heteroatoms. The topological polar surface area (TPSA) is 70.5 Å². The highest BCUT2D eigenvalue weighted by Gasteiger charge is 2.28. The maximum atomic E-state index is 12.6. The molecule has 0 saturated carbocycles. The number of carbonyl (C=O) groups is 2. The van der Waals surface area contributed by atoms with Gasteiger partial charge in [0.15, 0.2) is 0 Å². The van der Waals surface area contributed by atoms with Crippen molar-refractivity contribution < 1.29 is 19.1 Å². The first-order valence-electron chi connectivity index (χ1n) is 5.69. The number of halogens is 1. The van der Waals surface area contributed by atoms with Gasteiger partial charge in [0.2, 0.25) is 5.95 Å². The van der Waals surface area contributed by atoms with Crippen LogP contribution < -0.4 is 0 Å². The average Bonchev–Trinajstić information content (AvgIpc) is 2.76. The second-order valence-corrected chi connectivity index (χ2v) is 4.37. The van der Waals surface area contributed by atoms with Gasteiger partial charge in [0.1, 0.15) is 0 Å². The van der Waals surface area contributed by atoms with Crippen LogP contribution in [-0.2, 0) is 4.79 Å². The summed E-state index contributed by atoms with van der Waals surface area (Å²) in [5, 5.41) is 8.69. The van der Waals surface area contributed by atoms with Gasteiger partial charge in [-0.05, 0) is 24.5 Å². The number of carboxylic acids is 1. The Morgan fingerprint density at radius 1 is 1.50 bits per heavy atom. The molecule has 2 rings (SSSR count). The van der Waals surface area contributed by atoms with Crippen molar-refractivity contribution in [3.8, 4) is 0 Å². The van der Waals surface area contributed by atoms with E-state index in [0.717, 1.165) is 6.07 Å². The lowest BCUT2D eigenvalue weighted by Crippen LogP contribution is -2.29. The molecule has 1 aliphatic rings. The molecule has 5 nitrogen and oxygen atoms in total. The molecular weight excluding hydrogens is 239 g/mol. The second-order valence-electron chi connectivity index (χ2n) is 4.37. The van der Waals surface area contributed by atoms with Gasteiger partial charge in [-0.15, -0.1) is 0 Å². The molecule has 0 aliphatic carbocycles. The summed E-state index contributed by atoms with van der Waals surface area (Å²) in [6.07, 6.45) is 1.96. The first-order valence-corrected chi connectivity index (χ1v) is 5.69. The van der Waals surface area contributed by atoms with Crippen LogP contribution in [0.4, 0.5) is 4.39 Å². The molecule has 0 radical (unpaired) electrons. The van der Waals surface area contributed by atoms with Crippen LogP contribution in [0.5, 0.6) is 0 Å². The van der Waals surface area contributed by atoms with Crippen LogP contribution in [-0.4, -0.2) is 40.0 Å². The smallest absolute Gasteiger partial charge is 0.303 e. The second kappa shape index (κ2) is 5.12. The van der Waals surface area contributed by atoms with E-state index >= 15 is 0 Å². The van der Waals surface area contributed by atoms with Crippen molar-refractivity contribution in [2.45, 2.75) is 12.8 Å². The zero-order valence-corrected chi connectivity index (χ0v) is 9.67. The van der Waals surface area contributed by atoms with Crippen LogP contribution in [0, 0.1) is 11.9 Å². The maximum Gasteiger partial charge on any atom is 0.303 e. The summed E-state index contributed by atoms with van der Waals surface area (Å²) in [4.78, 5) is 27.6. The summed E-state index contributed by atoms with van der Waals surface area (Å²) in [6.45, 7) is 0.969. The molecule has 96 valence electrons. The van der Waals surface area contributed by atoms with Gasteiger partial charge in [-0.3, -0.25) is 9.59 Å². The number of hydrogen-bond donors (Lipinski definition) is 1. The molecule has 1 aliphatic heterocycles. The lowest BCUT2D eigenvalue weighted by atomic mass is 10.1. The van der Waals surface area contributed by atoms with Crippen molar-refractivity contribution in [2.24, 2.45) is 5.92 Å². The van der Waals surface area contributed by atoms with E-state index < -0.39 is 11.9 Å². The first kappa shape index (κ1) is 12.5. The quantitative estimate of drug-likeness (QED) is 0.819. The SMILES string of the molecule is O=C(O)CC1CCN(C(=O)c2ccc(F)nc2)C1. The largest absolute Gasteiger partial charge is 0.481 e. The lowest BCUT2D eigenvalue weighted by molar-refractivity contribution is -0.138. The van der Waals surface area contributed by atoms with Crippen molar-refractivity contribution in [2.75, 3.05) is 13.1 Å². The molecule has 1 aromatic rings. The summed E-state index contributed by atoms with van der Waals surface area (Å²) in [5.41, 5.74) is 0.326. The van der Waals surface area contributed by atoms with Gasteiger partial charge in [0.05, 0.1) is 5.56 Å². The molecule has 1 saturated heterocycles. The van der Waals surface area contributed by atoms with E-state index in [0.29, 0.717) is 25.1 Å². The van der Waals surface area contributed by atoms with Crippen molar-refractivity contribution >= 4 is 11.9 Å². The Bertz CT molecular complexity index is 461.